The third-order valence-corrected chi connectivity index (χ3v) is 3.20. The van der Waals surface area contributed by atoms with Crippen LogP contribution in [0.2, 0.25) is 0 Å². The van der Waals surface area contributed by atoms with E-state index in [2.05, 4.69) is 5.32 Å². The Labute approximate surface area is 85.8 Å². The van der Waals surface area contributed by atoms with Gasteiger partial charge in [-0.15, -0.1) is 0 Å². The molecule has 1 unspecified atom stereocenters. The lowest BCUT2D eigenvalue weighted by Gasteiger charge is -2.21. The maximum absolute atomic E-state index is 11.8. The topological polar surface area (TPSA) is 32.3 Å². The largest absolute Gasteiger partial charge is 0.341 e. The third-order valence-electron chi connectivity index (χ3n) is 3.20. The monoisotopic (exact) mass is 196 g/mol. The van der Waals surface area contributed by atoms with Crippen molar-refractivity contribution >= 4 is 5.91 Å². The second-order valence-corrected chi connectivity index (χ2v) is 4.61. The lowest BCUT2D eigenvalue weighted by Crippen LogP contribution is -2.44. The van der Waals surface area contributed by atoms with Gasteiger partial charge in [-0.05, 0) is 45.1 Å². The summed E-state index contributed by atoms with van der Waals surface area (Å²) in [5, 5.41) is 3.33. The molecule has 2 fully saturated rings. The summed E-state index contributed by atoms with van der Waals surface area (Å²) in [7, 11) is 0. The molecule has 0 aromatic rings. The smallest absolute Gasteiger partial charge is 0.239 e. The van der Waals surface area contributed by atoms with E-state index in [0.717, 1.165) is 25.6 Å². The van der Waals surface area contributed by atoms with Crippen molar-refractivity contribution in [3.8, 4) is 0 Å². The lowest BCUT2D eigenvalue weighted by atomic mass is 10.2. The van der Waals surface area contributed by atoms with E-state index in [-0.39, 0.29) is 6.04 Å². The van der Waals surface area contributed by atoms with Crippen molar-refractivity contribution in [2.75, 3.05) is 19.6 Å². The molecular formula is C11H20N2O. The van der Waals surface area contributed by atoms with E-state index in [1.807, 2.05) is 11.8 Å². The maximum atomic E-state index is 11.8. The van der Waals surface area contributed by atoms with Gasteiger partial charge in [0.15, 0.2) is 0 Å². The molecule has 3 heteroatoms. The van der Waals surface area contributed by atoms with Crippen LogP contribution in [-0.4, -0.2) is 36.5 Å². The number of hydrogen-bond donors (Lipinski definition) is 1. The minimum absolute atomic E-state index is 0.0219. The first-order chi connectivity index (χ1) is 6.77. The summed E-state index contributed by atoms with van der Waals surface area (Å²) >= 11 is 0. The van der Waals surface area contributed by atoms with E-state index in [1.54, 1.807) is 0 Å². The fourth-order valence-corrected chi connectivity index (χ4v) is 1.96. The molecule has 3 nitrogen and oxygen atoms in total. The normalized spacial score (nSPS) is 23.9. The molecule has 1 heterocycles. The first-order valence-electron chi connectivity index (χ1n) is 5.79. The van der Waals surface area contributed by atoms with Crippen molar-refractivity contribution < 1.29 is 4.79 Å². The van der Waals surface area contributed by atoms with E-state index in [1.165, 1.54) is 25.7 Å². The van der Waals surface area contributed by atoms with Gasteiger partial charge in [-0.3, -0.25) is 4.79 Å². The quantitative estimate of drug-likeness (QED) is 0.727. The SMILES string of the molecule is CC(NCC1CC1)C(=O)N1CCCC1. The van der Waals surface area contributed by atoms with Crippen molar-refractivity contribution in [3.63, 3.8) is 0 Å². The second-order valence-electron chi connectivity index (χ2n) is 4.61. The van der Waals surface area contributed by atoms with Gasteiger partial charge in [-0.2, -0.15) is 0 Å². The highest BCUT2D eigenvalue weighted by Gasteiger charge is 2.26. The van der Waals surface area contributed by atoms with Crippen LogP contribution in [0.1, 0.15) is 32.6 Å². The highest BCUT2D eigenvalue weighted by atomic mass is 16.2. The molecule has 1 saturated carbocycles. The fraction of sp³-hybridized carbons (Fsp3) is 0.909. The van der Waals surface area contributed by atoms with Gasteiger partial charge >= 0.3 is 0 Å². The van der Waals surface area contributed by atoms with Crippen LogP contribution in [0.4, 0.5) is 0 Å². The average molecular weight is 196 g/mol. The minimum atomic E-state index is 0.0219. The lowest BCUT2D eigenvalue weighted by molar-refractivity contribution is -0.131. The van der Waals surface area contributed by atoms with Crippen LogP contribution in [0.15, 0.2) is 0 Å². The first-order valence-corrected chi connectivity index (χ1v) is 5.79. The van der Waals surface area contributed by atoms with Gasteiger partial charge in [0.25, 0.3) is 0 Å². The van der Waals surface area contributed by atoms with E-state index in [0.29, 0.717) is 5.91 Å². The summed E-state index contributed by atoms with van der Waals surface area (Å²) < 4.78 is 0. The molecule has 14 heavy (non-hydrogen) atoms. The minimum Gasteiger partial charge on any atom is -0.341 e. The fourth-order valence-electron chi connectivity index (χ4n) is 1.96. The second kappa shape index (κ2) is 4.30. The van der Waals surface area contributed by atoms with Gasteiger partial charge in [0, 0.05) is 13.1 Å². The number of carbonyl (C=O) groups is 1. The maximum Gasteiger partial charge on any atom is 0.239 e. The number of nitrogens with zero attached hydrogens (tertiary/aromatic N) is 1. The number of amides is 1. The van der Waals surface area contributed by atoms with Crippen LogP contribution in [0.5, 0.6) is 0 Å². The number of carbonyl (C=O) groups excluding carboxylic acids is 1. The Morgan fingerprint density at radius 3 is 2.64 bits per heavy atom. The zero-order valence-electron chi connectivity index (χ0n) is 8.96. The van der Waals surface area contributed by atoms with Gasteiger partial charge in [0.05, 0.1) is 6.04 Å². The summed E-state index contributed by atoms with van der Waals surface area (Å²) in [6, 6.07) is 0.0219. The molecule has 0 aromatic carbocycles. The molecule has 80 valence electrons. The Morgan fingerprint density at radius 2 is 2.07 bits per heavy atom. The van der Waals surface area contributed by atoms with Crippen LogP contribution in [-0.2, 0) is 4.79 Å². The first kappa shape index (κ1) is 9.97. The molecule has 0 aromatic heterocycles. The molecular weight excluding hydrogens is 176 g/mol. The molecule has 2 rings (SSSR count). The third kappa shape index (κ3) is 2.47. The van der Waals surface area contributed by atoms with Crippen molar-refractivity contribution in [1.29, 1.82) is 0 Å². The molecule has 2 aliphatic rings. The summed E-state index contributed by atoms with van der Waals surface area (Å²) in [5.74, 6) is 1.15. The molecule has 1 saturated heterocycles. The van der Waals surface area contributed by atoms with Crippen LogP contribution in [0, 0.1) is 5.92 Å². The Kier molecular flexibility index (Phi) is 3.06. The standard InChI is InChI=1S/C11H20N2O/c1-9(12-8-10-4-5-10)11(14)13-6-2-3-7-13/h9-10,12H,2-8H2,1H3. The van der Waals surface area contributed by atoms with E-state index < -0.39 is 0 Å². The molecule has 1 aliphatic carbocycles. The molecule has 0 spiro atoms. The predicted molar refractivity (Wildman–Crippen MR) is 56.0 cm³/mol. The Bertz CT molecular complexity index is 207. The number of hydrogen-bond acceptors (Lipinski definition) is 2. The summed E-state index contributed by atoms with van der Waals surface area (Å²) in [6.45, 7) is 4.95. The number of rotatable bonds is 4. The summed E-state index contributed by atoms with van der Waals surface area (Å²) in [4.78, 5) is 13.8. The van der Waals surface area contributed by atoms with E-state index in [9.17, 15) is 4.79 Å². The zero-order chi connectivity index (χ0) is 9.97. The van der Waals surface area contributed by atoms with Crippen molar-refractivity contribution in [2.45, 2.75) is 38.6 Å². The van der Waals surface area contributed by atoms with Gasteiger partial charge in [-0.25, -0.2) is 0 Å². The summed E-state index contributed by atoms with van der Waals surface area (Å²) in [6.07, 6.45) is 5.05. The molecule has 1 atom stereocenters. The van der Waals surface area contributed by atoms with Crippen molar-refractivity contribution in [2.24, 2.45) is 5.92 Å². The molecule has 1 amide bonds. The van der Waals surface area contributed by atoms with Crippen molar-refractivity contribution in [1.82, 2.24) is 10.2 Å². The van der Waals surface area contributed by atoms with Crippen LogP contribution in [0.25, 0.3) is 0 Å². The zero-order valence-corrected chi connectivity index (χ0v) is 8.96. The molecule has 1 aliphatic heterocycles. The van der Waals surface area contributed by atoms with Crippen LogP contribution < -0.4 is 5.32 Å². The molecule has 1 N–H and O–H groups in total. The van der Waals surface area contributed by atoms with Gasteiger partial charge in [-0.1, -0.05) is 0 Å². The predicted octanol–water partition coefficient (Wildman–Crippen LogP) is 0.997. The Morgan fingerprint density at radius 1 is 1.43 bits per heavy atom. The van der Waals surface area contributed by atoms with E-state index in [4.69, 9.17) is 0 Å². The Hall–Kier alpha value is -0.570. The highest BCUT2D eigenvalue weighted by Crippen LogP contribution is 2.27. The van der Waals surface area contributed by atoms with Crippen LogP contribution in [0.3, 0.4) is 0 Å². The molecule has 0 radical (unpaired) electrons. The number of likely N-dealkylation sites (tertiary alicyclic amines) is 1. The summed E-state index contributed by atoms with van der Waals surface area (Å²) in [5.41, 5.74) is 0. The van der Waals surface area contributed by atoms with Crippen molar-refractivity contribution in [3.05, 3.63) is 0 Å². The van der Waals surface area contributed by atoms with E-state index >= 15 is 0 Å². The number of nitrogens with one attached hydrogen (secondary N) is 1. The molecule has 0 bridgehead atoms. The Balaban J connectivity index is 1.71. The van der Waals surface area contributed by atoms with Gasteiger partial charge in [0.1, 0.15) is 0 Å². The van der Waals surface area contributed by atoms with Gasteiger partial charge in [0.2, 0.25) is 5.91 Å². The average Bonchev–Trinajstić information content (AvgIpc) is 2.86. The van der Waals surface area contributed by atoms with Crippen LogP contribution >= 0.6 is 0 Å². The van der Waals surface area contributed by atoms with Gasteiger partial charge < -0.3 is 10.2 Å². The highest BCUT2D eigenvalue weighted by molar-refractivity contribution is 5.81.